The van der Waals surface area contributed by atoms with Crippen LogP contribution in [0.4, 0.5) is 14.5 Å². The van der Waals surface area contributed by atoms with Crippen LogP contribution in [0, 0.1) is 25.5 Å². The highest BCUT2D eigenvalue weighted by atomic mass is 19.2. The third kappa shape index (κ3) is 4.12. The molecule has 0 aliphatic carbocycles. The van der Waals surface area contributed by atoms with E-state index in [0.717, 1.165) is 29.5 Å². The van der Waals surface area contributed by atoms with E-state index < -0.39 is 17.5 Å². The summed E-state index contributed by atoms with van der Waals surface area (Å²) in [5.41, 5.74) is 2.13. The van der Waals surface area contributed by atoms with Gasteiger partial charge in [-0.2, -0.15) is 0 Å². The van der Waals surface area contributed by atoms with E-state index in [2.05, 4.69) is 5.32 Å². The van der Waals surface area contributed by atoms with Crippen LogP contribution in [0.2, 0.25) is 0 Å². The molecule has 0 aliphatic rings. The smallest absolute Gasteiger partial charge is 0.262 e. The van der Waals surface area contributed by atoms with Crippen molar-refractivity contribution in [3.63, 3.8) is 0 Å². The predicted octanol–water partition coefficient (Wildman–Crippen LogP) is 3.41. The van der Waals surface area contributed by atoms with Crippen molar-refractivity contribution in [3.8, 4) is 5.75 Å². The Morgan fingerprint density at radius 1 is 1.13 bits per heavy atom. The number of carbonyl (C=O) groups is 2. The van der Waals surface area contributed by atoms with Crippen LogP contribution in [0.25, 0.3) is 0 Å². The second-order valence-electron chi connectivity index (χ2n) is 5.07. The standard InChI is InChI=1S/C17H15F2NO3/c1-10-5-12(8-21)6-11(2)17(10)23-9-16(22)20-13-3-4-14(18)15(19)7-13/h3-8H,9H2,1-2H3,(H,20,22). The van der Waals surface area contributed by atoms with E-state index in [9.17, 15) is 18.4 Å². The first-order chi connectivity index (χ1) is 10.9. The number of aryl methyl sites for hydroxylation is 2. The molecule has 0 aromatic heterocycles. The lowest BCUT2D eigenvalue weighted by molar-refractivity contribution is -0.118. The van der Waals surface area contributed by atoms with Crippen molar-refractivity contribution >= 4 is 17.9 Å². The van der Waals surface area contributed by atoms with Crippen LogP contribution in [0.3, 0.4) is 0 Å². The number of nitrogens with one attached hydrogen (secondary N) is 1. The van der Waals surface area contributed by atoms with Crippen molar-refractivity contribution in [1.29, 1.82) is 0 Å². The number of anilines is 1. The minimum atomic E-state index is -1.04. The molecule has 2 aromatic carbocycles. The number of hydrogen-bond acceptors (Lipinski definition) is 3. The fraction of sp³-hybridized carbons (Fsp3) is 0.176. The average molecular weight is 319 g/mol. The summed E-state index contributed by atoms with van der Waals surface area (Å²) in [6, 6.07) is 6.39. The summed E-state index contributed by atoms with van der Waals surface area (Å²) in [4.78, 5) is 22.6. The van der Waals surface area contributed by atoms with E-state index in [1.54, 1.807) is 26.0 Å². The molecule has 0 spiro atoms. The largest absolute Gasteiger partial charge is 0.483 e. The van der Waals surface area contributed by atoms with Gasteiger partial charge in [0.25, 0.3) is 5.91 Å². The maximum Gasteiger partial charge on any atom is 0.262 e. The summed E-state index contributed by atoms with van der Waals surface area (Å²) in [7, 11) is 0. The number of rotatable bonds is 5. The van der Waals surface area contributed by atoms with Crippen molar-refractivity contribution in [3.05, 3.63) is 58.7 Å². The van der Waals surface area contributed by atoms with Gasteiger partial charge in [-0.05, 0) is 49.2 Å². The van der Waals surface area contributed by atoms with Gasteiger partial charge in [-0.3, -0.25) is 9.59 Å². The first-order valence-electron chi connectivity index (χ1n) is 6.85. The van der Waals surface area contributed by atoms with E-state index >= 15 is 0 Å². The first-order valence-corrected chi connectivity index (χ1v) is 6.85. The number of hydrogen-bond donors (Lipinski definition) is 1. The molecule has 0 unspecified atom stereocenters. The van der Waals surface area contributed by atoms with Gasteiger partial charge in [0.15, 0.2) is 18.2 Å². The molecule has 1 amide bonds. The Bertz CT molecular complexity index is 736. The molecule has 0 saturated heterocycles. The molecular formula is C17H15F2NO3. The summed E-state index contributed by atoms with van der Waals surface area (Å²) >= 11 is 0. The summed E-state index contributed by atoms with van der Waals surface area (Å²) < 4.78 is 31.3. The van der Waals surface area contributed by atoms with Gasteiger partial charge in [0.1, 0.15) is 12.0 Å². The van der Waals surface area contributed by atoms with Crippen LogP contribution in [0.15, 0.2) is 30.3 Å². The van der Waals surface area contributed by atoms with Crippen molar-refractivity contribution in [2.75, 3.05) is 11.9 Å². The van der Waals surface area contributed by atoms with Crippen LogP contribution < -0.4 is 10.1 Å². The van der Waals surface area contributed by atoms with Crippen LogP contribution >= 0.6 is 0 Å². The highest BCUT2D eigenvalue weighted by Crippen LogP contribution is 2.24. The Balaban J connectivity index is 2.02. The minimum Gasteiger partial charge on any atom is -0.483 e. The quantitative estimate of drug-likeness (QED) is 0.859. The topological polar surface area (TPSA) is 55.4 Å². The molecule has 2 rings (SSSR count). The maximum atomic E-state index is 13.1. The van der Waals surface area contributed by atoms with E-state index in [1.807, 2.05) is 0 Å². The zero-order valence-electron chi connectivity index (χ0n) is 12.7. The molecular weight excluding hydrogens is 304 g/mol. The Hall–Kier alpha value is -2.76. The van der Waals surface area contributed by atoms with E-state index in [1.165, 1.54) is 6.07 Å². The lowest BCUT2D eigenvalue weighted by atomic mass is 10.1. The Morgan fingerprint density at radius 3 is 2.35 bits per heavy atom. The van der Waals surface area contributed by atoms with Gasteiger partial charge in [-0.25, -0.2) is 8.78 Å². The molecule has 0 bridgehead atoms. The third-order valence-corrected chi connectivity index (χ3v) is 3.17. The van der Waals surface area contributed by atoms with Crippen molar-refractivity contribution < 1.29 is 23.1 Å². The highest BCUT2D eigenvalue weighted by molar-refractivity contribution is 5.91. The van der Waals surface area contributed by atoms with Gasteiger partial charge in [-0.1, -0.05) is 0 Å². The Kier molecular flexibility index (Phi) is 5.05. The molecule has 0 saturated carbocycles. The molecule has 0 fully saturated rings. The number of ether oxygens (including phenoxy) is 1. The van der Waals surface area contributed by atoms with Gasteiger partial charge in [0.05, 0.1) is 0 Å². The second-order valence-corrected chi connectivity index (χ2v) is 5.07. The van der Waals surface area contributed by atoms with Crippen LogP contribution in [-0.2, 0) is 4.79 Å². The van der Waals surface area contributed by atoms with Crippen LogP contribution in [0.1, 0.15) is 21.5 Å². The van der Waals surface area contributed by atoms with Crippen LogP contribution in [-0.4, -0.2) is 18.8 Å². The molecule has 0 heterocycles. The second kappa shape index (κ2) is 7.00. The molecule has 0 aliphatic heterocycles. The minimum absolute atomic E-state index is 0.141. The monoisotopic (exact) mass is 319 g/mol. The average Bonchev–Trinajstić information content (AvgIpc) is 2.50. The maximum absolute atomic E-state index is 13.1. The number of amides is 1. The number of halogens is 2. The van der Waals surface area contributed by atoms with Crippen molar-refractivity contribution in [2.45, 2.75) is 13.8 Å². The summed E-state index contributed by atoms with van der Waals surface area (Å²) in [6.45, 7) is 3.24. The predicted molar refractivity (Wildman–Crippen MR) is 81.8 cm³/mol. The van der Waals surface area contributed by atoms with E-state index in [-0.39, 0.29) is 12.3 Å². The normalized spacial score (nSPS) is 10.3. The number of aldehydes is 1. The van der Waals surface area contributed by atoms with Gasteiger partial charge in [0.2, 0.25) is 0 Å². The lowest BCUT2D eigenvalue weighted by Gasteiger charge is -2.13. The summed E-state index contributed by atoms with van der Waals surface area (Å²) in [5.74, 6) is -2.02. The van der Waals surface area contributed by atoms with Crippen molar-refractivity contribution in [2.24, 2.45) is 0 Å². The molecule has 120 valence electrons. The van der Waals surface area contributed by atoms with Gasteiger partial charge in [0, 0.05) is 17.3 Å². The molecule has 4 nitrogen and oxygen atoms in total. The fourth-order valence-electron chi connectivity index (χ4n) is 2.19. The number of benzene rings is 2. The number of carbonyl (C=O) groups excluding carboxylic acids is 2. The summed E-state index contributed by atoms with van der Waals surface area (Å²) in [5, 5.41) is 2.41. The van der Waals surface area contributed by atoms with Gasteiger partial charge < -0.3 is 10.1 Å². The Morgan fingerprint density at radius 2 is 1.78 bits per heavy atom. The first kappa shape index (κ1) is 16.6. The van der Waals surface area contributed by atoms with Gasteiger partial charge in [-0.15, -0.1) is 0 Å². The van der Waals surface area contributed by atoms with Crippen LogP contribution in [0.5, 0.6) is 5.75 Å². The van der Waals surface area contributed by atoms with E-state index in [0.29, 0.717) is 11.3 Å². The zero-order chi connectivity index (χ0) is 17.0. The molecule has 2 aromatic rings. The van der Waals surface area contributed by atoms with Crippen molar-refractivity contribution in [1.82, 2.24) is 0 Å². The molecule has 1 N–H and O–H groups in total. The van der Waals surface area contributed by atoms with E-state index in [4.69, 9.17) is 4.74 Å². The molecule has 0 radical (unpaired) electrons. The lowest BCUT2D eigenvalue weighted by Crippen LogP contribution is -2.20. The zero-order valence-corrected chi connectivity index (χ0v) is 12.7. The third-order valence-electron chi connectivity index (χ3n) is 3.17. The molecule has 23 heavy (non-hydrogen) atoms. The Labute approximate surface area is 132 Å². The van der Waals surface area contributed by atoms with Gasteiger partial charge >= 0.3 is 0 Å². The molecule has 0 atom stereocenters. The highest BCUT2D eigenvalue weighted by Gasteiger charge is 2.10. The SMILES string of the molecule is Cc1cc(C=O)cc(C)c1OCC(=O)Nc1ccc(F)c(F)c1. The molecule has 6 heteroatoms. The summed E-state index contributed by atoms with van der Waals surface area (Å²) in [6.07, 6.45) is 0.736. The fourth-order valence-corrected chi connectivity index (χ4v) is 2.19.